The largest absolute Gasteiger partial charge is 0.493 e. The number of amides is 1. The minimum Gasteiger partial charge on any atom is -0.493 e. The van der Waals surface area contributed by atoms with E-state index in [0.717, 1.165) is 18.4 Å². The van der Waals surface area contributed by atoms with Gasteiger partial charge < -0.3 is 9.47 Å². The summed E-state index contributed by atoms with van der Waals surface area (Å²) in [5, 5.41) is 0.611. The standard InChI is InChI=1S/C23H24ClNO3S2/c1-3-4-5-6-13-28-19-12-7-16(14-20(19)27-2)15-21-22(26)25(23(29)30-21)18-10-8-17(24)9-11-18/h7-12,14-15H,3-6,13H2,1-2H3/b21-15-. The molecule has 0 unspecified atom stereocenters. The molecule has 0 radical (unpaired) electrons. The van der Waals surface area contributed by atoms with Gasteiger partial charge in [0.1, 0.15) is 0 Å². The van der Waals surface area contributed by atoms with Gasteiger partial charge in [-0.2, -0.15) is 0 Å². The second-order valence-electron chi connectivity index (χ2n) is 6.81. The Morgan fingerprint density at radius 1 is 1.10 bits per heavy atom. The number of nitrogens with zero attached hydrogens (tertiary/aromatic N) is 1. The molecule has 0 saturated carbocycles. The molecule has 1 amide bonds. The zero-order valence-electron chi connectivity index (χ0n) is 17.0. The average Bonchev–Trinajstić information content (AvgIpc) is 3.02. The van der Waals surface area contributed by atoms with Crippen LogP contribution in [-0.4, -0.2) is 23.9 Å². The van der Waals surface area contributed by atoms with Crippen LogP contribution in [0.4, 0.5) is 5.69 Å². The van der Waals surface area contributed by atoms with Crippen LogP contribution in [0.5, 0.6) is 11.5 Å². The summed E-state index contributed by atoms with van der Waals surface area (Å²) < 4.78 is 11.8. The number of ether oxygens (including phenoxy) is 2. The molecular formula is C23H24ClNO3S2. The molecule has 1 fully saturated rings. The second-order valence-corrected chi connectivity index (χ2v) is 8.93. The van der Waals surface area contributed by atoms with Crippen LogP contribution in [-0.2, 0) is 4.79 Å². The van der Waals surface area contributed by atoms with Gasteiger partial charge in [0.2, 0.25) is 0 Å². The number of halogens is 1. The summed E-state index contributed by atoms with van der Waals surface area (Å²) in [6, 6.07) is 12.7. The van der Waals surface area contributed by atoms with Crippen LogP contribution in [0.2, 0.25) is 5.02 Å². The molecule has 7 heteroatoms. The van der Waals surface area contributed by atoms with Gasteiger partial charge >= 0.3 is 0 Å². The Morgan fingerprint density at radius 2 is 1.87 bits per heavy atom. The van der Waals surface area contributed by atoms with Crippen LogP contribution >= 0.6 is 35.6 Å². The van der Waals surface area contributed by atoms with E-state index < -0.39 is 0 Å². The Hall–Kier alpha value is -2.02. The quantitative estimate of drug-likeness (QED) is 0.235. The fourth-order valence-electron chi connectivity index (χ4n) is 3.04. The number of anilines is 1. The first kappa shape index (κ1) is 22.7. The monoisotopic (exact) mass is 461 g/mol. The average molecular weight is 462 g/mol. The van der Waals surface area contributed by atoms with Crippen molar-refractivity contribution in [2.24, 2.45) is 0 Å². The van der Waals surface area contributed by atoms with Gasteiger partial charge in [0.05, 0.1) is 24.3 Å². The van der Waals surface area contributed by atoms with E-state index in [-0.39, 0.29) is 5.91 Å². The first-order valence-corrected chi connectivity index (χ1v) is 11.5. The van der Waals surface area contributed by atoms with Gasteiger partial charge in [-0.15, -0.1) is 0 Å². The number of hydrogen-bond donors (Lipinski definition) is 0. The zero-order chi connectivity index (χ0) is 21.5. The maximum Gasteiger partial charge on any atom is 0.270 e. The van der Waals surface area contributed by atoms with E-state index in [2.05, 4.69) is 6.92 Å². The molecule has 1 aliphatic heterocycles. The molecule has 0 aromatic heterocycles. The Morgan fingerprint density at radius 3 is 2.57 bits per heavy atom. The number of unbranched alkanes of at least 4 members (excludes halogenated alkanes) is 3. The molecule has 2 aromatic carbocycles. The van der Waals surface area contributed by atoms with Gasteiger partial charge in [-0.05, 0) is 54.5 Å². The van der Waals surface area contributed by atoms with Crippen LogP contribution in [0.25, 0.3) is 6.08 Å². The smallest absolute Gasteiger partial charge is 0.270 e. The van der Waals surface area contributed by atoms with Crippen molar-refractivity contribution in [1.82, 2.24) is 0 Å². The summed E-state index contributed by atoms with van der Waals surface area (Å²) in [5.74, 6) is 1.20. The summed E-state index contributed by atoms with van der Waals surface area (Å²) in [6.07, 6.45) is 6.41. The van der Waals surface area contributed by atoms with E-state index in [1.54, 1.807) is 31.4 Å². The first-order chi connectivity index (χ1) is 14.5. The van der Waals surface area contributed by atoms with Gasteiger partial charge in [0.15, 0.2) is 15.8 Å². The highest BCUT2D eigenvalue weighted by Crippen LogP contribution is 2.37. The van der Waals surface area contributed by atoms with E-state index >= 15 is 0 Å². The summed E-state index contributed by atoms with van der Waals surface area (Å²) in [5.41, 5.74) is 1.55. The Balaban J connectivity index is 1.73. The highest BCUT2D eigenvalue weighted by molar-refractivity contribution is 8.27. The van der Waals surface area contributed by atoms with Crippen molar-refractivity contribution in [2.75, 3.05) is 18.6 Å². The third kappa shape index (κ3) is 5.56. The van der Waals surface area contributed by atoms with E-state index in [0.29, 0.717) is 38.0 Å². The van der Waals surface area contributed by atoms with Gasteiger partial charge in [-0.1, -0.05) is 67.8 Å². The Labute approximate surface area is 192 Å². The van der Waals surface area contributed by atoms with Crippen molar-refractivity contribution in [3.63, 3.8) is 0 Å². The lowest BCUT2D eigenvalue weighted by molar-refractivity contribution is -0.113. The number of thiocarbonyl (C=S) groups is 1. The van der Waals surface area contributed by atoms with Crippen molar-refractivity contribution in [3.05, 3.63) is 58.0 Å². The van der Waals surface area contributed by atoms with Crippen molar-refractivity contribution < 1.29 is 14.3 Å². The predicted octanol–water partition coefficient (Wildman–Crippen LogP) is 6.71. The van der Waals surface area contributed by atoms with Gasteiger partial charge in [-0.25, -0.2) is 0 Å². The van der Waals surface area contributed by atoms with E-state index in [1.807, 2.05) is 24.3 Å². The van der Waals surface area contributed by atoms with Crippen molar-refractivity contribution >= 4 is 57.6 Å². The topological polar surface area (TPSA) is 38.8 Å². The molecule has 1 saturated heterocycles. The molecule has 3 rings (SSSR count). The fourth-order valence-corrected chi connectivity index (χ4v) is 4.46. The van der Waals surface area contributed by atoms with E-state index in [4.69, 9.17) is 33.3 Å². The lowest BCUT2D eigenvalue weighted by Crippen LogP contribution is -2.27. The Bertz CT molecular complexity index is 944. The third-order valence-corrected chi connectivity index (χ3v) is 6.17. The van der Waals surface area contributed by atoms with Crippen molar-refractivity contribution in [2.45, 2.75) is 32.6 Å². The number of thioether (sulfide) groups is 1. The highest BCUT2D eigenvalue weighted by Gasteiger charge is 2.33. The molecule has 0 aliphatic carbocycles. The summed E-state index contributed by atoms with van der Waals surface area (Å²) in [7, 11) is 1.61. The number of rotatable bonds is 9. The van der Waals surface area contributed by atoms with E-state index in [9.17, 15) is 4.79 Å². The van der Waals surface area contributed by atoms with Gasteiger partial charge in [0, 0.05) is 5.02 Å². The van der Waals surface area contributed by atoms with Crippen LogP contribution in [0, 0.1) is 0 Å². The molecule has 158 valence electrons. The first-order valence-electron chi connectivity index (χ1n) is 9.88. The van der Waals surface area contributed by atoms with Crippen LogP contribution < -0.4 is 14.4 Å². The maximum atomic E-state index is 12.9. The molecule has 0 bridgehead atoms. The van der Waals surface area contributed by atoms with Crippen LogP contribution in [0.3, 0.4) is 0 Å². The maximum absolute atomic E-state index is 12.9. The SMILES string of the molecule is CCCCCCOc1ccc(/C=C2\SC(=S)N(c3ccc(Cl)cc3)C2=O)cc1OC. The van der Waals surface area contributed by atoms with Gasteiger partial charge in [0.25, 0.3) is 5.91 Å². The lowest BCUT2D eigenvalue weighted by Gasteiger charge is -2.14. The highest BCUT2D eigenvalue weighted by atomic mass is 35.5. The van der Waals surface area contributed by atoms with Crippen LogP contribution in [0.1, 0.15) is 38.2 Å². The predicted molar refractivity (Wildman–Crippen MR) is 130 cm³/mol. The third-order valence-electron chi connectivity index (χ3n) is 4.62. The lowest BCUT2D eigenvalue weighted by atomic mass is 10.1. The molecule has 1 heterocycles. The summed E-state index contributed by atoms with van der Waals surface area (Å²) >= 11 is 12.6. The minimum atomic E-state index is -0.150. The number of carbonyl (C=O) groups excluding carboxylic acids is 1. The fraction of sp³-hybridized carbons (Fsp3) is 0.304. The molecule has 0 spiro atoms. The normalized spacial score (nSPS) is 15.2. The summed E-state index contributed by atoms with van der Waals surface area (Å²) in [4.78, 5) is 15.0. The molecular weight excluding hydrogens is 438 g/mol. The number of methoxy groups -OCH3 is 1. The molecule has 2 aromatic rings. The van der Waals surface area contributed by atoms with E-state index in [1.165, 1.54) is 29.5 Å². The molecule has 0 N–H and O–H groups in total. The van der Waals surface area contributed by atoms with Gasteiger partial charge in [-0.3, -0.25) is 9.69 Å². The minimum absolute atomic E-state index is 0.150. The molecule has 0 atom stereocenters. The van der Waals surface area contributed by atoms with Crippen molar-refractivity contribution in [1.29, 1.82) is 0 Å². The number of hydrogen-bond acceptors (Lipinski definition) is 5. The number of benzene rings is 2. The number of carbonyl (C=O) groups is 1. The Kier molecular flexibility index (Phi) is 8.19. The molecule has 30 heavy (non-hydrogen) atoms. The second kappa shape index (κ2) is 10.8. The zero-order valence-corrected chi connectivity index (χ0v) is 19.4. The van der Waals surface area contributed by atoms with Crippen molar-refractivity contribution in [3.8, 4) is 11.5 Å². The summed E-state index contributed by atoms with van der Waals surface area (Å²) in [6.45, 7) is 2.85. The molecule has 4 nitrogen and oxygen atoms in total. The van der Waals surface area contributed by atoms with Crippen LogP contribution in [0.15, 0.2) is 47.4 Å². The molecule has 1 aliphatic rings.